The van der Waals surface area contributed by atoms with Gasteiger partial charge >= 0.3 is 5.91 Å². The van der Waals surface area contributed by atoms with Crippen LogP contribution in [-0.4, -0.2) is 33.9 Å². The summed E-state index contributed by atoms with van der Waals surface area (Å²) in [6, 6.07) is 14.8. The number of carbonyl (C=O) groups is 2. The lowest BCUT2D eigenvalue weighted by molar-refractivity contribution is -0.132. The lowest BCUT2D eigenvalue weighted by Crippen LogP contribution is -2.30. The molecule has 2 N–H and O–H groups in total. The van der Waals surface area contributed by atoms with Crippen LogP contribution in [0.15, 0.2) is 70.9 Å². The van der Waals surface area contributed by atoms with Crippen LogP contribution in [0, 0.1) is 0 Å². The molecule has 0 radical (unpaired) electrons. The number of amides is 1. The number of para-hydroxylation sites is 2. The highest BCUT2D eigenvalue weighted by Gasteiger charge is 2.49. The summed E-state index contributed by atoms with van der Waals surface area (Å²) in [6.45, 7) is 6.08. The van der Waals surface area contributed by atoms with Crippen molar-refractivity contribution in [2.24, 2.45) is 0 Å². The number of nitrogens with one attached hydrogen (secondary N) is 1. The van der Waals surface area contributed by atoms with Crippen molar-refractivity contribution in [1.82, 2.24) is 9.97 Å². The first kappa shape index (κ1) is 22.5. The molecule has 1 amide bonds. The molecule has 35 heavy (non-hydrogen) atoms. The molecule has 8 nitrogen and oxygen atoms in total. The molecule has 1 aliphatic rings. The zero-order valence-electron chi connectivity index (χ0n) is 19.8. The quantitative estimate of drug-likeness (QED) is 0.244. The molecule has 3 heterocycles. The molecule has 1 atom stereocenters. The maximum atomic E-state index is 13.3. The topological polar surface area (TPSA) is 109 Å². The van der Waals surface area contributed by atoms with Crippen molar-refractivity contribution in [1.29, 1.82) is 0 Å². The number of aliphatic hydroxyl groups is 1. The number of Topliss-reactive ketones (excluding diaryl/α,β-unsaturated/α-hetero) is 1. The van der Waals surface area contributed by atoms with Gasteiger partial charge in [0, 0.05) is 11.1 Å². The van der Waals surface area contributed by atoms with Crippen molar-refractivity contribution < 1.29 is 23.8 Å². The molecule has 1 unspecified atom stereocenters. The van der Waals surface area contributed by atoms with E-state index in [1.54, 1.807) is 43.5 Å². The first-order valence-electron chi connectivity index (χ1n) is 11.2. The number of aliphatic hydroxyl groups excluding tert-OH is 1. The Labute approximate surface area is 201 Å². The number of hydrogen-bond donors (Lipinski definition) is 2. The van der Waals surface area contributed by atoms with Crippen molar-refractivity contribution in [3.05, 3.63) is 83.3 Å². The molecule has 4 aromatic rings. The average Bonchev–Trinajstić information content (AvgIpc) is 3.56. The van der Waals surface area contributed by atoms with Gasteiger partial charge in [0.25, 0.3) is 5.78 Å². The van der Waals surface area contributed by atoms with E-state index in [9.17, 15) is 14.7 Å². The number of H-pyrrole nitrogens is 1. The second-order valence-electron chi connectivity index (χ2n) is 9.43. The number of fused-ring (bicyclic) bond motifs is 1. The van der Waals surface area contributed by atoms with Crippen LogP contribution in [0.2, 0.25) is 0 Å². The maximum absolute atomic E-state index is 13.3. The highest BCUT2D eigenvalue weighted by molar-refractivity contribution is 6.51. The molecule has 8 heteroatoms. The van der Waals surface area contributed by atoms with Crippen molar-refractivity contribution in [3.8, 4) is 5.75 Å². The van der Waals surface area contributed by atoms with Crippen LogP contribution in [0.3, 0.4) is 0 Å². The van der Waals surface area contributed by atoms with E-state index >= 15 is 0 Å². The Bertz CT molecular complexity index is 1440. The molecular weight excluding hydrogens is 446 g/mol. The van der Waals surface area contributed by atoms with Crippen molar-refractivity contribution in [2.75, 3.05) is 12.0 Å². The molecule has 1 saturated heterocycles. The van der Waals surface area contributed by atoms with Crippen molar-refractivity contribution in [3.63, 3.8) is 0 Å². The second-order valence-corrected chi connectivity index (χ2v) is 9.43. The maximum Gasteiger partial charge on any atom is 0.302 e. The van der Waals surface area contributed by atoms with Gasteiger partial charge in [-0.05, 0) is 47.9 Å². The van der Waals surface area contributed by atoms with Gasteiger partial charge in [0.2, 0.25) is 5.95 Å². The summed E-state index contributed by atoms with van der Waals surface area (Å²) in [5.41, 5.74) is 2.25. The number of rotatable bonds is 4. The van der Waals surface area contributed by atoms with Gasteiger partial charge in [-0.15, -0.1) is 0 Å². The Balaban J connectivity index is 1.71. The molecule has 1 aliphatic heterocycles. The molecule has 1 fully saturated rings. The minimum absolute atomic E-state index is 0.0737. The Hall–Kier alpha value is -4.33. The van der Waals surface area contributed by atoms with E-state index in [0.717, 1.165) is 5.56 Å². The summed E-state index contributed by atoms with van der Waals surface area (Å²) in [4.78, 5) is 35.4. The number of methoxy groups -OCH3 is 1. The van der Waals surface area contributed by atoms with E-state index in [4.69, 9.17) is 9.15 Å². The van der Waals surface area contributed by atoms with Gasteiger partial charge in [-0.2, -0.15) is 0 Å². The van der Waals surface area contributed by atoms with Gasteiger partial charge in [0.05, 0.1) is 30.0 Å². The summed E-state index contributed by atoms with van der Waals surface area (Å²) in [6.07, 6.45) is 1.46. The van der Waals surface area contributed by atoms with Gasteiger partial charge < -0.3 is 19.2 Å². The minimum atomic E-state index is -0.995. The van der Waals surface area contributed by atoms with Crippen LogP contribution in [0.25, 0.3) is 16.8 Å². The summed E-state index contributed by atoms with van der Waals surface area (Å²) in [7, 11) is 1.58. The van der Waals surface area contributed by atoms with Crippen molar-refractivity contribution >= 4 is 34.4 Å². The van der Waals surface area contributed by atoms with Crippen LogP contribution in [-0.2, 0) is 15.0 Å². The van der Waals surface area contributed by atoms with Crippen LogP contribution in [0.4, 0.5) is 5.95 Å². The number of furan rings is 1. The third-order valence-electron chi connectivity index (χ3n) is 6.14. The van der Waals surface area contributed by atoms with Crippen molar-refractivity contribution in [2.45, 2.75) is 32.2 Å². The first-order valence-corrected chi connectivity index (χ1v) is 11.2. The van der Waals surface area contributed by atoms with Crippen LogP contribution in [0.5, 0.6) is 5.75 Å². The van der Waals surface area contributed by atoms with Crippen LogP contribution in [0.1, 0.15) is 43.7 Å². The largest absolute Gasteiger partial charge is 0.507 e. The zero-order chi connectivity index (χ0) is 24.9. The van der Waals surface area contributed by atoms with E-state index in [-0.39, 0.29) is 22.7 Å². The number of ether oxygens (including phenoxy) is 1. The van der Waals surface area contributed by atoms with Gasteiger partial charge in [-0.25, -0.2) is 4.98 Å². The molecule has 5 rings (SSSR count). The van der Waals surface area contributed by atoms with Crippen LogP contribution < -0.4 is 9.64 Å². The number of anilines is 1. The third-order valence-corrected chi connectivity index (χ3v) is 6.14. The Morgan fingerprint density at radius 1 is 1.11 bits per heavy atom. The van der Waals surface area contributed by atoms with E-state index < -0.39 is 17.7 Å². The average molecular weight is 472 g/mol. The fourth-order valence-corrected chi connectivity index (χ4v) is 4.42. The Kier molecular flexibility index (Phi) is 5.24. The van der Waals surface area contributed by atoms with Gasteiger partial charge in [0.1, 0.15) is 23.3 Å². The lowest BCUT2D eigenvalue weighted by Gasteiger charge is -2.23. The minimum Gasteiger partial charge on any atom is -0.507 e. The first-order chi connectivity index (χ1) is 16.7. The van der Waals surface area contributed by atoms with E-state index in [1.165, 1.54) is 11.2 Å². The van der Waals surface area contributed by atoms with Gasteiger partial charge in [-0.1, -0.05) is 32.9 Å². The predicted molar refractivity (Wildman–Crippen MR) is 131 cm³/mol. The number of imidazole rings is 1. The summed E-state index contributed by atoms with van der Waals surface area (Å²) in [5, 5.41) is 11.4. The highest BCUT2D eigenvalue weighted by Crippen LogP contribution is 2.42. The van der Waals surface area contributed by atoms with Gasteiger partial charge in [-0.3, -0.25) is 14.5 Å². The normalized spacial score (nSPS) is 17.9. The van der Waals surface area contributed by atoms with E-state index in [0.29, 0.717) is 28.1 Å². The SMILES string of the molecule is COc1ccc(/C(O)=C2\C(=O)C(=O)N(c3nc4ccccc4[nH]3)C2c2ccco2)cc1C(C)(C)C. The molecule has 0 bridgehead atoms. The predicted octanol–water partition coefficient (Wildman–Crippen LogP) is 5.09. The molecule has 2 aromatic carbocycles. The molecular formula is C27H25N3O5. The summed E-state index contributed by atoms with van der Waals surface area (Å²) < 4.78 is 11.1. The Morgan fingerprint density at radius 3 is 2.54 bits per heavy atom. The Morgan fingerprint density at radius 2 is 1.89 bits per heavy atom. The standard InChI is InChI=1S/C27H25N3O5/c1-27(2,3)16-14-15(11-12-19(16)34-4)23(31)21-22(20-10-7-13-35-20)30(25(33)24(21)32)26-28-17-8-5-6-9-18(17)29-26/h5-14,22,31H,1-4H3,(H,28,29)/b23-21+. The van der Waals surface area contributed by atoms with E-state index in [2.05, 4.69) is 9.97 Å². The zero-order valence-corrected chi connectivity index (χ0v) is 19.8. The van der Waals surface area contributed by atoms with E-state index in [1.807, 2.05) is 39.0 Å². The molecule has 0 aliphatic carbocycles. The fraction of sp³-hybridized carbons (Fsp3) is 0.222. The number of aromatic nitrogens is 2. The molecule has 0 saturated carbocycles. The highest BCUT2D eigenvalue weighted by atomic mass is 16.5. The number of hydrogen-bond acceptors (Lipinski definition) is 6. The monoisotopic (exact) mass is 471 g/mol. The smallest absolute Gasteiger partial charge is 0.302 e. The molecule has 178 valence electrons. The molecule has 0 spiro atoms. The second kappa shape index (κ2) is 8.16. The third kappa shape index (κ3) is 3.67. The van der Waals surface area contributed by atoms with Crippen LogP contribution >= 0.6 is 0 Å². The fourth-order valence-electron chi connectivity index (χ4n) is 4.42. The number of aromatic amines is 1. The summed E-state index contributed by atoms with van der Waals surface area (Å²) in [5.74, 6) is -0.737. The lowest BCUT2D eigenvalue weighted by atomic mass is 9.84. The summed E-state index contributed by atoms with van der Waals surface area (Å²) >= 11 is 0. The number of ketones is 1. The number of nitrogens with zero attached hydrogens (tertiary/aromatic N) is 2. The molecule has 2 aromatic heterocycles. The number of benzene rings is 2. The number of carbonyl (C=O) groups excluding carboxylic acids is 2. The van der Waals surface area contributed by atoms with Gasteiger partial charge in [0.15, 0.2) is 0 Å².